The van der Waals surface area contributed by atoms with Gasteiger partial charge in [0.15, 0.2) is 0 Å². The van der Waals surface area contributed by atoms with Gasteiger partial charge in [-0.2, -0.15) is 0 Å². The van der Waals surface area contributed by atoms with Crippen LogP contribution in [-0.2, 0) is 0 Å². The molecule has 24 heavy (non-hydrogen) atoms. The molecule has 5 aromatic rings. The summed E-state index contributed by atoms with van der Waals surface area (Å²) >= 11 is 1.47. The number of H-pyrrole nitrogens is 1. The number of aromatic nitrogens is 2. The fourth-order valence-electron chi connectivity index (χ4n) is 3.27. The number of fused-ring (bicyclic) bond motifs is 5. The molecule has 0 atom stereocenters. The molecule has 2 aromatic carbocycles. The number of hydrogen-bond acceptors (Lipinski definition) is 3. The van der Waals surface area contributed by atoms with Gasteiger partial charge in [0.25, 0.3) is 5.56 Å². The molecule has 0 aliphatic heterocycles. The van der Waals surface area contributed by atoms with Gasteiger partial charge in [-0.05, 0) is 11.6 Å². The number of nitrogens with zero attached hydrogens (tertiary/aromatic N) is 1. The van der Waals surface area contributed by atoms with Gasteiger partial charge in [0.05, 0.1) is 17.3 Å². The lowest BCUT2D eigenvalue weighted by Crippen LogP contribution is -2.07. The van der Waals surface area contributed by atoms with E-state index in [0.717, 1.165) is 21.2 Å². The predicted octanol–water partition coefficient (Wildman–Crippen LogP) is 4.37. The topological polar surface area (TPSA) is 57.5 Å². The molecule has 0 spiro atoms. The number of benzene rings is 2. The van der Waals surface area contributed by atoms with Gasteiger partial charge >= 0.3 is 0 Å². The van der Waals surface area contributed by atoms with E-state index in [4.69, 9.17) is 0 Å². The molecule has 3 aromatic heterocycles. The third kappa shape index (κ3) is 1.70. The molecule has 116 valence electrons. The highest BCUT2D eigenvalue weighted by atomic mass is 32.1. The second-order valence-corrected chi connectivity index (χ2v) is 6.76. The average molecular weight is 332 g/mol. The Morgan fingerprint density at radius 3 is 2.58 bits per heavy atom. The molecule has 3 heterocycles. The Kier molecular flexibility index (Phi) is 2.64. The Morgan fingerprint density at radius 1 is 1.00 bits per heavy atom. The minimum absolute atomic E-state index is 0.131. The van der Waals surface area contributed by atoms with E-state index in [-0.39, 0.29) is 11.3 Å². The van der Waals surface area contributed by atoms with E-state index < -0.39 is 0 Å². The number of aromatic amines is 1. The first-order valence-corrected chi connectivity index (χ1v) is 8.38. The maximum Gasteiger partial charge on any atom is 0.269 e. The Hall–Kier alpha value is -3.05. The van der Waals surface area contributed by atoms with Crippen LogP contribution in [0.25, 0.3) is 37.1 Å². The number of nitrogens with one attached hydrogen (secondary N) is 1. The number of thiophene rings is 1. The molecule has 0 saturated heterocycles. The van der Waals surface area contributed by atoms with Gasteiger partial charge in [0.1, 0.15) is 16.1 Å². The van der Waals surface area contributed by atoms with Crippen LogP contribution < -0.4 is 5.56 Å². The molecule has 0 amide bonds. The van der Waals surface area contributed by atoms with Crippen LogP contribution in [0, 0.1) is 0 Å². The first-order valence-electron chi connectivity index (χ1n) is 7.57. The summed E-state index contributed by atoms with van der Waals surface area (Å²) < 4.78 is 3.60. The van der Waals surface area contributed by atoms with Crippen molar-refractivity contribution in [3.8, 4) is 16.9 Å². The van der Waals surface area contributed by atoms with Gasteiger partial charge in [-0.3, -0.25) is 9.20 Å². The molecular weight excluding hydrogens is 320 g/mol. The second kappa shape index (κ2) is 4.72. The van der Waals surface area contributed by atoms with Crippen molar-refractivity contribution in [1.82, 2.24) is 9.38 Å². The van der Waals surface area contributed by atoms with Crippen LogP contribution in [0.5, 0.6) is 5.75 Å². The van der Waals surface area contributed by atoms with Crippen LogP contribution in [0.15, 0.2) is 65.6 Å². The largest absolute Gasteiger partial charge is 0.506 e. The molecule has 0 saturated carbocycles. The minimum Gasteiger partial charge on any atom is -0.506 e. The van der Waals surface area contributed by atoms with Gasteiger partial charge in [-0.1, -0.05) is 48.5 Å². The zero-order chi connectivity index (χ0) is 16.3. The van der Waals surface area contributed by atoms with Crippen molar-refractivity contribution in [3.05, 3.63) is 71.1 Å². The minimum atomic E-state index is -0.131. The van der Waals surface area contributed by atoms with Gasteiger partial charge in [0.2, 0.25) is 0 Å². The van der Waals surface area contributed by atoms with E-state index in [9.17, 15) is 9.90 Å². The molecule has 0 aliphatic rings. The lowest BCUT2D eigenvalue weighted by molar-refractivity contribution is 0.477. The summed E-state index contributed by atoms with van der Waals surface area (Å²) in [6.07, 6.45) is 1.68. The Labute approximate surface area is 140 Å². The van der Waals surface area contributed by atoms with E-state index in [1.165, 1.54) is 11.3 Å². The Morgan fingerprint density at radius 2 is 1.75 bits per heavy atom. The second-order valence-electron chi connectivity index (χ2n) is 5.70. The van der Waals surface area contributed by atoms with Crippen molar-refractivity contribution >= 4 is 37.3 Å². The Balaban J connectivity index is 2.03. The van der Waals surface area contributed by atoms with E-state index in [0.29, 0.717) is 15.9 Å². The van der Waals surface area contributed by atoms with Crippen molar-refractivity contribution in [2.45, 2.75) is 0 Å². The zero-order valence-corrected chi connectivity index (χ0v) is 13.3. The first kappa shape index (κ1) is 13.4. The summed E-state index contributed by atoms with van der Waals surface area (Å²) in [5.74, 6) is 0.152. The molecule has 0 radical (unpaired) electrons. The third-order valence-corrected chi connectivity index (χ3v) is 5.45. The van der Waals surface area contributed by atoms with Gasteiger partial charge in [0, 0.05) is 10.1 Å². The van der Waals surface area contributed by atoms with Gasteiger partial charge in [-0.15, -0.1) is 11.3 Å². The summed E-state index contributed by atoms with van der Waals surface area (Å²) in [4.78, 5) is 15.6. The summed E-state index contributed by atoms with van der Waals surface area (Å²) in [7, 11) is 0. The van der Waals surface area contributed by atoms with E-state index in [2.05, 4.69) is 4.98 Å². The van der Waals surface area contributed by atoms with Crippen LogP contribution in [0.4, 0.5) is 0 Å². The van der Waals surface area contributed by atoms with Crippen LogP contribution in [0.1, 0.15) is 0 Å². The van der Waals surface area contributed by atoms with Crippen molar-refractivity contribution in [1.29, 1.82) is 0 Å². The van der Waals surface area contributed by atoms with Crippen molar-refractivity contribution in [3.63, 3.8) is 0 Å². The molecule has 0 fully saturated rings. The lowest BCUT2D eigenvalue weighted by Gasteiger charge is -2.02. The van der Waals surface area contributed by atoms with Crippen molar-refractivity contribution in [2.75, 3.05) is 0 Å². The van der Waals surface area contributed by atoms with Crippen molar-refractivity contribution < 1.29 is 5.11 Å². The highest BCUT2D eigenvalue weighted by Crippen LogP contribution is 2.38. The molecule has 5 heteroatoms. The quantitative estimate of drug-likeness (QED) is 0.479. The standard InChI is InChI=1S/C19H12N2O2S/c22-13-10-21-16-12-8-4-5-9-14(12)24-17(16)19(23)20-18(21)15(13)11-6-2-1-3-7-11/h1-10,22H,(H,20,23). The predicted molar refractivity (Wildman–Crippen MR) is 98.0 cm³/mol. The van der Waals surface area contributed by atoms with E-state index >= 15 is 0 Å². The molecule has 4 nitrogen and oxygen atoms in total. The maximum absolute atomic E-state index is 12.6. The average Bonchev–Trinajstić information content (AvgIpc) is 3.14. The summed E-state index contributed by atoms with van der Waals surface area (Å²) in [5, 5.41) is 11.5. The summed E-state index contributed by atoms with van der Waals surface area (Å²) in [6.45, 7) is 0. The molecule has 2 N–H and O–H groups in total. The maximum atomic E-state index is 12.6. The highest BCUT2D eigenvalue weighted by molar-refractivity contribution is 7.25. The SMILES string of the molecule is O=c1[nH]c2c(-c3ccccc3)c(O)cn2c2c1sc1ccccc12. The molecule has 0 unspecified atom stereocenters. The van der Waals surface area contributed by atoms with Gasteiger partial charge in [-0.25, -0.2) is 0 Å². The van der Waals surface area contributed by atoms with E-state index in [1.54, 1.807) is 6.20 Å². The monoisotopic (exact) mass is 332 g/mol. The van der Waals surface area contributed by atoms with E-state index in [1.807, 2.05) is 59.0 Å². The molecular formula is C19H12N2O2S. The fourth-order valence-corrected chi connectivity index (χ4v) is 4.36. The van der Waals surface area contributed by atoms with Crippen LogP contribution >= 0.6 is 11.3 Å². The highest BCUT2D eigenvalue weighted by Gasteiger charge is 2.18. The van der Waals surface area contributed by atoms with Gasteiger partial charge < -0.3 is 10.1 Å². The fraction of sp³-hybridized carbons (Fsp3) is 0. The lowest BCUT2D eigenvalue weighted by atomic mass is 10.1. The summed E-state index contributed by atoms with van der Waals surface area (Å²) in [5.41, 5.74) is 2.83. The summed E-state index contributed by atoms with van der Waals surface area (Å²) in [6, 6.07) is 17.5. The van der Waals surface area contributed by atoms with Crippen LogP contribution in [0.3, 0.4) is 0 Å². The molecule has 0 bridgehead atoms. The van der Waals surface area contributed by atoms with Crippen LogP contribution in [0.2, 0.25) is 0 Å². The normalized spacial score (nSPS) is 11.7. The van der Waals surface area contributed by atoms with Crippen LogP contribution in [-0.4, -0.2) is 14.5 Å². The number of aromatic hydroxyl groups is 1. The molecule has 5 rings (SSSR count). The Bertz CT molecular complexity index is 1280. The third-order valence-electron chi connectivity index (χ3n) is 4.30. The number of hydrogen-bond donors (Lipinski definition) is 2. The number of rotatable bonds is 1. The first-order chi connectivity index (χ1) is 11.7. The van der Waals surface area contributed by atoms with Crippen molar-refractivity contribution in [2.24, 2.45) is 0 Å². The zero-order valence-electron chi connectivity index (χ0n) is 12.5. The smallest absolute Gasteiger partial charge is 0.269 e. The molecule has 0 aliphatic carbocycles.